The molecule has 0 N–H and O–H groups in total. The van der Waals surface area contributed by atoms with Crippen LogP contribution in [0.4, 0.5) is 5.82 Å². The van der Waals surface area contributed by atoms with E-state index in [0.717, 1.165) is 64.1 Å². The fraction of sp³-hybridized carbons (Fsp3) is 0.750. The van der Waals surface area contributed by atoms with Crippen LogP contribution < -0.4 is 4.90 Å². The summed E-state index contributed by atoms with van der Waals surface area (Å²) in [4.78, 5) is 13.6. The van der Waals surface area contributed by atoms with Gasteiger partial charge in [-0.05, 0) is 61.3 Å². The van der Waals surface area contributed by atoms with E-state index in [2.05, 4.69) is 84.1 Å². The van der Waals surface area contributed by atoms with Crippen molar-refractivity contribution in [3.8, 4) is 10.4 Å². The van der Waals surface area contributed by atoms with Gasteiger partial charge in [0.05, 0.1) is 23.2 Å². The van der Waals surface area contributed by atoms with Gasteiger partial charge in [0, 0.05) is 53.2 Å². The second kappa shape index (κ2) is 15.1. The molecule has 8 nitrogen and oxygen atoms in total. The Kier molecular flexibility index (Phi) is 11.9. The number of fused-ring (bicyclic) bond motifs is 3. The summed E-state index contributed by atoms with van der Waals surface area (Å²) in [5.41, 5.74) is 3.12. The van der Waals surface area contributed by atoms with Gasteiger partial charge >= 0.3 is 0 Å². The summed E-state index contributed by atoms with van der Waals surface area (Å²) in [6.45, 7) is 28.9. The van der Waals surface area contributed by atoms with E-state index in [1.165, 1.54) is 37.8 Å². The van der Waals surface area contributed by atoms with Crippen LogP contribution >= 0.6 is 11.3 Å². The van der Waals surface area contributed by atoms with Gasteiger partial charge in [-0.2, -0.15) is 9.61 Å². The van der Waals surface area contributed by atoms with Crippen LogP contribution in [0.25, 0.3) is 16.1 Å². The van der Waals surface area contributed by atoms with E-state index in [9.17, 15) is 0 Å². The zero-order valence-electron chi connectivity index (χ0n) is 31.8. The average Bonchev–Trinajstić information content (AvgIpc) is 3.71. The lowest BCUT2D eigenvalue weighted by molar-refractivity contribution is 0.0942. The lowest BCUT2D eigenvalue weighted by atomic mass is 9.79. The fourth-order valence-electron chi connectivity index (χ4n) is 6.56. The van der Waals surface area contributed by atoms with Crippen LogP contribution in [-0.2, 0) is 20.5 Å². The maximum atomic E-state index is 6.53. The third kappa shape index (κ3) is 9.88. The normalized spacial score (nSPS) is 20.6. The molecular weight excluding hydrogens is 667 g/mol. The molecule has 2 fully saturated rings. The van der Waals surface area contributed by atoms with Crippen molar-refractivity contribution >= 4 is 47.3 Å². The molecule has 3 aromatic heterocycles. The first-order valence-corrected chi connectivity index (χ1v) is 29.4. The van der Waals surface area contributed by atoms with Crippen LogP contribution in [0.3, 0.4) is 0 Å². The molecule has 0 spiro atoms. The van der Waals surface area contributed by atoms with E-state index in [0.29, 0.717) is 26.0 Å². The highest BCUT2D eigenvalue weighted by molar-refractivity contribution is 7.15. The van der Waals surface area contributed by atoms with Crippen LogP contribution in [0.15, 0.2) is 18.5 Å². The van der Waals surface area contributed by atoms with E-state index in [1.807, 2.05) is 16.9 Å². The molecule has 0 aliphatic heterocycles. The van der Waals surface area contributed by atoms with Gasteiger partial charge < -0.3 is 18.8 Å². The summed E-state index contributed by atoms with van der Waals surface area (Å²) >= 11 is 1.70. The SMILES string of the molecule is CC(C)(C)[Si](C)(C)OCc1ncc(-c2cnn3c(N(COCC[Si](C)(C)C)COCC[Si](C)(C)C)cc(C4C[C@H]5CC[C@@H](C4)C5)nc23)s1. The third-order valence-corrected chi connectivity index (χ3v) is 19.7. The van der Waals surface area contributed by atoms with Crippen molar-refractivity contribution in [2.24, 2.45) is 11.8 Å². The van der Waals surface area contributed by atoms with Crippen molar-refractivity contribution in [1.82, 2.24) is 19.6 Å². The third-order valence-electron chi connectivity index (χ3n) is 10.8. The molecule has 2 aliphatic rings. The van der Waals surface area contributed by atoms with Crippen molar-refractivity contribution in [3.05, 3.63) is 29.2 Å². The molecule has 2 saturated carbocycles. The standard InChI is InChI=1S/C36H63N5O3SSi3/c1-36(2,3)48(10,11)44-24-33-37-23-32(45-33)30-22-38-41-34(21-31(39-35(30)41)29-19-27-12-13-28(18-27)20-29)40(25-42-14-16-46(4,5)6)26-43-15-17-47(7,8)9/h21-23,27-29H,12-20,24-26H2,1-11H3/t27-,28+,29?. The van der Waals surface area contributed by atoms with E-state index >= 15 is 0 Å². The van der Waals surface area contributed by atoms with Crippen molar-refractivity contribution in [1.29, 1.82) is 0 Å². The Hall–Kier alpha value is -1.42. The first-order chi connectivity index (χ1) is 22.4. The molecule has 1 unspecified atom stereocenters. The Labute approximate surface area is 297 Å². The van der Waals surface area contributed by atoms with E-state index in [-0.39, 0.29) is 5.04 Å². The second-order valence-electron chi connectivity index (χ2n) is 18.4. The molecule has 12 heteroatoms. The molecule has 0 amide bonds. The molecule has 48 heavy (non-hydrogen) atoms. The van der Waals surface area contributed by atoms with Crippen LogP contribution in [0.5, 0.6) is 0 Å². The smallest absolute Gasteiger partial charge is 0.192 e. The number of ether oxygens (including phenoxy) is 2. The Bertz CT molecular complexity index is 1470. The highest BCUT2D eigenvalue weighted by Crippen LogP contribution is 2.48. The maximum Gasteiger partial charge on any atom is 0.192 e. The molecule has 3 atom stereocenters. The molecule has 3 heterocycles. The summed E-state index contributed by atoms with van der Waals surface area (Å²) in [5, 5.41) is 6.14. The minimum atomic E-state index is -1.88. The van der Waals surface area contributed by atoms with Gasteiger partial charge in [-0.25, -0.2) is 9.97 Å². The van der Waals surface area contributed by atoms with Crippen molar-refractivity contribution in [3.63, 3.8) is 0 Å². The van der Waals surface area contributed by atoms with Crippen molar-refractivity contribution in [2.75, 3.05) is 31.6 Å². The van der Waals surface area contributed by atoms with Crippen LogP contribution in [0.2, 0.25) is 69.5 Å². The highest BCUT2D eigenvalue weighted by atomic mass is 32.1. The summed E-state index contributed by atoms with van der Waals surface area (Å²) < 4.78 is 21.3. The molecular formula is C36H63N5O3SSi3. The van der Waals surface area contributed by atoms with Crippen LogP contribution in [0, 0.1) is 11.8 Å². The number of hydrogen-bond acceptors (Lipinski definition) is 8. The van der Waals surface area contributed by atoms with Crippen molar-refractivity contribution in [2.45, 2.75) is 135 Å². The molecule has 5 rings (SSSR count). The molecule has 0 radical (unpaired) electrons. The van der Waals surface area contributed by atoms with Crippen molar-refractivity contribution < 1.29 is 13.9 Å². The summed E-state index contributed by atoms with van der Waals surface area (Å²) in [6, 6.07) is 4.57. The Balaban J connectivity index is 1.48. The quantitative estimate of drug-likeness (QED) is 0.0826. The lowest BCUT2D eigenvalue weighted by Gasteiger charge is -2.35. The first-order valence-electron chi connectivity index (χ1n) is 18.3. The number of aromatic nitrogens is 4. The molecule has 0 saturated heterocycles. The minimum absolute atomic E-state index is 0.160. The van der Waals surface area contributed by atoms with Crippen LogP contribution in [0.1, 0.15) is 69.5 Å². The van der Waals surface area contributed by atoms with Gasteiger partial charge in [0.1, 0.15) is 24.3 Å². The first kappa shape index (κ1) is 37.8. The number of hydrogen-bond donors (Lipinski definition) is 0. The summed E-state index contributed by atoms with van der Waals surface area (Å²) in [6.07, 6.45) is 10.6. The number of rotatable bonds is 16. The zero-order valence-corrected chi connectivity index (χ0v) is 35.6. The fourth-order valence-corrected chi connectivity index (χ4v) is 9.94. The molecule has 2 aliphatic carbocycles. The monoisotopic (exact) mass is 729 g/mol. The van der Waals surface area contributed by atoms with Gasteiger partial charge in [0.25, 0.3) is 0 Å². The Morgan fingerprint density at radius 2 is 1.48 bits per heavy atom. The second-order valence-corrected chi connectivity index (χ2v) is 35.6. The molecule has 2 bridgehead atoms. The summed E-state index contributed by atoms with van der Waals surface area (Å²) in [7, 11) is -4.30. The minimum Gasteiger partial charge on any atom is -0.410 e. The van der Waals surface area contributed by atoms with Gasteiger partial charge in [0.15, 0.2) is 14.0 Å². The largest absolute Gasteiger partial charge is 0.410 e. The number of thiazole rings is 1. The zero-order chi connectivity index (χ0) is 34.9. The van der Waals surface area contributed by atoms with Gasteiger partial charge in [0.2, 0.25) is 0 Å². The molecule has 3 aromatic rings. The average molecular weight is 730 g/mol. The Morgan fingerprint density at radius 1 is 0.875 bits per heavy atom. The molecule has 0 aromatic carbocycles. The predicted molar refractivity (Wildman–Crippen MR) is 209 cm³/mol. The topological polar surface area (TPSA) is 74.0 Å². The van der Waals surface area contributed by atoms with E-state index in [1.54, 1.807) is 11.3 Å². The van der Waals surface area contributed by atoms with Gasteiger partial charge in [-0.15, -0.1) is 11.3 Å². The Morgan fingerprint density at radius 3 is 2.04 bits per heavy atom. The van der Waals surface area contributed by atoms with Gasteiger partial charge in [-0.1, -0.05) is 72.9 Å². The van der Waals surface area contributed by atoms with E-state index < -0.39 is 24.5 Å². The maximum absolute atomic E-state index is 6.53. The van der Waals surface area contributed by atoms with E-state index in [4.69, 9.17) is 29.0 Å². The lowest BCUT2D eigenvalue weighted by Crippen LogP contribution is -2.40. The number of nitrogens with zero attached hydrogens (tertiary/aromatic N) is 5. The van der Waals surface area contributed by atoms with Gasteiger partial charge in [-0.3, -0.25) is 0 Å². The number of anilines is 1. The molecule has 268 valence electrons. The predicted octanol–water partition coefficient (Wildman–Crippen LogP) is 10.1. The highest BCUT2D eigenvalue weighted by Gasteiger charge is 2.38. The summed E-state index contributed by atoms with van der Waals surface area (Å²) in [5.74, 6) is 3.14. The van der Waals surface area contributed by atoms with Crippen LogP contribution in [-0.4, -0.2) is 70.7 Å².